The SMILES string of the molecule is Cc1cc(N(C)[C@H]2CCS(=O)(=O)C2)c2cccc(C(=O)O)c2n1. The van der Waals surface area contributed by atoms with E-state index in [9.17, 15) is 18.3 Å². The first-order valence-electron chi connectivity index (χ1n) is 7.35. The van der Waals surface area contributed by atoms with Crippen molar-refractivity contribution < 1.29 is 18.3 Å². The maximum atomic E-state index is 11.7. The van der Waals surface area contributed by atoms with Gasteiger partial charge in [0.25, 0.3) is 0 Å². The van der Waals surface area contributed by atoms with Gasteiger partial charge in [0.2, 0.25) is 0 Å². The van der Waals surface area contributed by atoms with Gasteiger partial charge in [-0.25, -0.2) is 13.2 Å². The van der Waals surface area contributed by atoms with Gasteiger partial charge in [-0.2, -0.15) is 0 Å². The lowest BCUT2D eigenvalue weighted by molar-refractivity contribution is 0.0699. The fourth-order valence-electron chi connectivity index (χ4n) is 3.10. The second-order valence-corrected chi connectivity index (χ2v) is 8.19. The summed E-state index contributed by atoms with van der Waals surface area (Å²) >= 11 is 0. The molecule has 0 aliphatic carbocycles. The molecule has 0 saturated carbocycles. The monoisotopic (exact) mass is 334 g/mol. The lowest BCUT2D eigenvalue weighted by atomic mass is 10.1. The molecule has 0 bridgehead atoms. The number of hydrogen-bond acceptors (Lipinski definition) is 5. The number of aromatic carboxylic acids is 1. The van der Waals surface area contributed by atoms with Crippen LogP contribution >= 0.6 is 0 Å². The molecule has 0 unspecified atom stereocenters. The van der Waals surface area contributed by atoms with E-state index in [0.717, 1.165) is 11.1 Å². The van der Waals surface area contributed by atoms with Gasteiger partial charge >= 0.3 is 5.97 Å². The molecule has 23 heavy (non-hydrogen) atoms. The quantitative estimate of drug-likeness (QED) is 0.922. The van der Waals surface area contributed by atoms with E-state index < -0.39 is 15.8 Å². The van der Waals surface area contributed by atoms with Gasteiger partial charge in [-0.3, -0.25) is 4.98 Å². The summed E-state index contributed by atoms with van der Waals surface area (Å²) in [6.07, 6.45) is 0.584. The van der Waals surface area contributed by atoms with Crippen molar-refractivity contribution in [3.8, 4) is 0 Å². The number of pyridine rings is 1. The Bertz CT molecular complexity index is 892. The number of aryl methyl sites for hydroxylation is 1. The van der Waals surface area contributed by atoms with Crippen LogP contribution in [0.5, 0.6) is 0 Å². The molecule has 1 N–H and O–H groups in total. The molecule has 1 saturated heterocycles. The summed E-state index contributed by atoms with van der Waals surface area (Å²) in [6, 6.07) is 6.81. The number of benzene rings is 1. The fraction of sp³-hybridized carbons (Fsp3) is 0.375. The molecule has 0 amide bonds. The van der Waals surface area contributed by atoms with Crippen molar-refractivity contribution in [3.05, 3.63) is 35.5 Å². The first-order chi connectivity index (χ1) is 10.8. The third-order valence-electron chi connectivity index (χ3n) is 4.31. The van der Waals surface area contributed by atoms with Crippen molar-refractivity contribution in [1.29, 1.82) is 0 Å². The molecule has 1 atom stereocenters. The number of carboxylic acid groups (broad SMARTS) is 1. The second-order valence-electron chi connectivity index (χ2n) is 5.96. The number of rotatable bonds is 3. The summed E-state index contributed by atoms with van der Waals surface area (Å²) in [4.78, 5) is 17.7. The molecule has 1 fully saturated rings. The van der Waals surface area contributed by atoms with E-state index in [0.29, 0.717) is 17.6 Å². The van der Waals surface area contributed by atoms with E-state index in [-0.39, 0.29) is 23.1 Å². The van der Waals surface area contributed by atoms with Gasteiger partial charge in [0, 0.05) is 29.9 Å². The van der Waals surface area contributed by atoms with E-state index in [2.05, 4.69) is 4.98 Å². The van der Waals surface area contributed by atoms with Crippen LogP contribution in [-0.2, 0) is 9.84 Å². The minimum Gasteiger partial charge on any atom is -0.478 e. The minimum absolute atomic E-state index is 0.0986. The van der Waals surface area contributed by atoms with Gasteiger partial charge < -0.3 is 10.0 Å². The first kappa shape index (κ1) is 15.7. The standard InChI is InChI=1S/C16H18N2O4S/c1-10-8-14(18(2)11-6-7-23(21,22)9-11)12-4-3-5-13(16(19)20)15(12)17-10/h3-5,8,11H,6-7,9H2,1-2H3,(H,19,20)/t11-/m0/s1. The van der Waals surface area contributed by atoms with Crippen molar-refractivity contribution >= 4 is 32.4 Å². The third-order valence-corrected chi connectivity index (χ3v) is 6.06. The predicted molar refractivity (Wildman–Crippen MR) is 88.9 cm³/mol. The Hall–Kier alpha value is -2.15. The molecular weight excluding hydrogens is 316 g/mol. The zero-order valence-corrected chi connectivity index (χ0v) is 13.8. The van der Waals surface area contributed by atoms with Crippen LogP contribution in [0.2, 0.25) is 0 Å². The lowest BCUT2D eigenvalue weighted by Crippen LogP contribution is -2.32. The average molecular weight is 334 g/mol. The molecule has 2 heterocycles. The van der Waals surface area contributed by atoms with Crippen LogP contribution in [-0.4, -0.2) is 49.1 Å². The maximum absolute atomic E-state index is 11.7. The van der Waals surface area contributed by atoms with E-state index in [1.165, 1.54) is 6.07 Å². The van der Waals surface area contributed by atoms with Gasteiger partial charge in [-0.15, -0.1) is 0 Å². The highest BCUT2D eigenvalue weighted by Crippen LogP contribution is 2.31. The molecule has 122 valence electrons. The molecule has 1 aromatic heterocycles. The van der Waals surface area contributed by atoms with Crippen molar-refractivity contribution in [2.45, 2.75) is 19.4 Å². The van der Waals surface area contributed by atoms with Gasteiger partial charge in [-0.1, -0.05) is 12.1 Å². The number of hydrogen-bond donors (Lipinski definition) is 1. The summed E-state index contributed by atoms with van der Waals surface area (Å²) in [5.74, 6) is -0.694. The Kier molecular flexibility index (Phi) is 3.75. The predicted octanol–water partition coefficient (Wildman–Crippen LogP) is 1.86. The Morgan fingerprint density at radius 3 is 2.74 bits per heavy atom. The molecule has 2 aromatic rings. The highest BCUT2D eigenvalue weighted by atomic mass is 32.2. The molecule has 1 aromatic carbocycles. The first-order valence-corrected chi connectivity index (χ1v) is 9.17. The van der Waals surface area contributed by atoms with Crippen LogP contribution in [0.15, 0.2) is 24.3 Å². The lowest BCUT2D eigenvalue weighted by Gasteiger charge is -2.27. The number of anilines is 1. The molecule has 0 spiro atoms. The zero-order chi connectivity index (χ0) is 16.8. The van der Waals surface area contributed by atoms with Crippen molar-refractivity contribution in [2.24, 2.45) is 0 Å². The topological polar surface area (TPSA) is 87.6 Å². The Labute approximate surface area is 134 Å². The minimum atomic E-state index is -2.98. The fourth-order valence-corrected chi connectivity index (χ4v) is 4.87. The summed E-state index contributed by atoms with van der Waals surface area (Å²) in [6.45, 7) is 1.81. The molecular formula is C16H18N2O4S. The van der Waals surface area contributed by atoms with Gasteiger partial charge in [0.1, 0.15) is 0 Å². The number of nitrogens with zero attached hydrogens (tertiary/aromatic N) is 2. The molecule has 0 radical (unpaired) electrons. The van der Waals surface area contributed by atoms with Crippen LogP contribution in [0, 0.1) is 6.92 Å². The molecule has 7 heteroatoms. The van der Waals surface area contributed by atoms with Gasteiger partial charge in [0.15, 0.2) is 9.84 Å². The highest BCUT2D eigenvalue weighted by Gasteiger charge is 2.31. The van der Waals surface area contributed by atoms with Crippen molar-refractivity contribution in [1.82, 2.24) is 4.98 Å². The molecule has 1 aliphatic rings. The van der Waals surface area contributed by atoms with E-state index in [1.807, 2.05) is 24.1 Å². The molecule has 1 aliphatic heterocycles. The highest BCUT2D eigenvalue weighted by molar-refractivity contribution is 7.91. The summed E-state index contributed by atoms with van der Waals surface area (Å²) in [5, 5.41) is 10.1. The van der Waals surface area contributed by atoms with E-state index in [4.69, 9.17) is 0 Å². The molecule has 6 nitrogen and oxygen atoms in total. The number of aromatic nitrogens is 1. The third kappa shape index (κ3) is 2.88. The Morgan fingerprint density at radius 2 is 2.13 bits per heavy atom. The van der Waals surface area contributed by atoms with E-state index in [1.54, 1.807) is 13.0 Å². The normalized spacial score (nSPS) is 19.8. The van der Waals surface area contributed by atoms with Crippen LogP contribution in [0.1, 0.15) is 22.5 Å². The summed E-state index contributed by atoms with van der Waals surface area (Å²) in [7, 11) is -1.13. The van der Waals surface area contributed by atoms with Crippen LogP contribution in [0.25, 0.3) is 10.9 Å². The van der Waals surface area contributed by atoms with E-state index >= 15 is 0 Å². The van der Waals surface area contributed by atoms with Gasteiger partial charge in [-0.05, 0) is 25.5 Å². The van der Waals surface area contributed by atoms with Crippen molar-refractivity contribution in [2.75, 3.05) is 23.5 Å². The zero-order valence-electron chi connectivity index (χ0n) is 13.0. The summed E-state index contributed by atoms with van der Waals surface area (Å²) < 4.78 is 23.5. The second kappa shape index (κ2) is 5.49. The maximum Gasteiger partial charge on any atom is 0.337 e. The largest absolute Gasteiger partial charge is 0.478 e. The Balaban J connectivity index is 2.14. The summed E-state index contributed by atoms with van der Waals surface area (Å²) in [5.41, 5.74) is 2.11. The van der Waals surface area contributed by atoms with Crippen LogP contribution in [0.4, 0.5) is 5.69 Å². The Morgan fingerprint density at radius 1 is 1.39 bits per heavy atom. The van der Waals surface area contributed by atoms with Crippen LogP contribution < -0.4 is 4.90 Å². The van der Waals surface area contributed by atoms with Gasteiger partial charge in [0.05, 0.1) is 22.6 Å². The average Bonchev–Trinajstić information content (AvgIpc) is 2.85. The molecule has 3 rings (SSSR count). The smallest absolute Gasteiger partial charge is 0.337 e. The number of carbonyl (C=O) groups is 1. The number of carboxylic acids is 1. The number of fused-ring (bicyclic) bond motifs is 1. The van der Waals surface area contributed by atoms with Crippen molar-refractivity contribution in [3.63, 3.8) is 0 Å². The number of sulfone groups is 1. The number of para-hydroxylation sites is 1. The van der Waals surface area contributed by atoms with Crippen LogP contribution in [0.3, 0.4) is 0 Å².